The maximum absolute atomic E-state index is 2.49. The zero-order chi connectivity index (χ0) is 41.7. The van der Waals surface area contributed by atoms with E-state index in [0.29, 0.717) is 0 Å². The van der Waals surface area contributed by atoms with Gasteiger partial charge in [0.15, 0.2) is 0 Å². The first-order valence-corrected chi connectivity index (χ1v) is 22.5. The summed E-state index contributed by atoms with van der Waals surface area (Å²) in [7, 11) is 0. The molecule has 296 valence electrons. The van der Waals surface area contributed by atoms with Crippen LogP contribution in [0.25, 0.3) is 64.7 Å². The van der Waals surface area contributed by atoms with E-state index < -0.39 is 5.41 Å². The van der Waals surface area contributed by atoms with E-state index in [4.69, 9.17) is 0 Å². The molecule has 2 heteroatoms. The molecule has 1 nitrogen and oxygen atoms in total. The second-order valence-corrected chi connectivity index (χ2v) is 17.5. The van der Waals surface area contributed by atoms with Gasteiger partial charge in [0.2, 0.25) is 0 Å². The molecule has 0 saturated heterocycles. The lowest BCUT2D eigenvalue weighted by Gasteiger charge is -2.35. The quantitative estimate of drug-likeness (QED) is 0.148. The number of benzene rings is 10. The molecule has 0 saturated carbocycles. The first kappa shape index (κ1) is 37.0. The Hall–Kier alpha value is -7.78. The summed E-state index contributed by atoms with van der Waals surface area (Å²) in [6, 6.07) is 91.6. The summed E-state index contributed by atoms with van der Waals surface area (Å²) in [6.45, 7) is 0. The molecule has 0 atom stereocenters. The Kier molecular flexibility index (Phi) is 8.98. The fourth-order valence-electron chi connectivity index (χ4n) is 10.1. The summed E-state index contributed by atoms with van der Waals surface area (Å²) in [5.41, 5.74) is 17.7. The van der Waals surface area contributed by atoms with Gasteiger partial charge in [-0.2, -0.15) is 0 Å². The summed E-state index contributed by atoms with van der Waals surface area (Å²) in [5, 5.41) is 2.55. The van der Waals surface area contributed by atoms with Crippen molar-refractivity contribution in [2.45, 2.75) is 5.41 Å². The zero-order valence-electron chi connectivity index (χ0n) is 34.5. The van der Waals surface area contributed by atoms with E-state index in [2.05, 4.69) is 254 Å². The third kappa shape index (κ3) is 6.14. The molecule has 12 rings (SSSR count). The van der Waals surface area contributed by atoms with Gasteiger partial charge in [0.05, 0.1) is 11.1 Å². The average molecular weight is 820 g/mol. The summed E-state index contributed by atoms with van der Waals surface area (Å²) in [5.74, 6) is 0. The number of rotatable bonds is 8. The molecule has 0 aliphatic heterocycles. The minimum Gasteiger partial charge on any atom is -0.310 e. The van der Waals surface area contributed by atoms with Crippen LogP contribution in [0, 0.1) is 0 Å². The molecule has 63 heavy (non-hydrogen) atoms. The molecule has 1 heterocycles. The van der Waals surface area contributed by atoms with Crippen LogP contribution in [0.5, 0.6) is 0 Å². The predicted octanol–water partition coefficient (Wildman–Crippen LogP) is 16.9. The van der Waals surface area contributed by atoms with E-state index in [1.165, 1.54) is 86.9 Å². The number of hydrogen-bond acceptors (Lipinski definition) is 2. The average Bonchev–Trinajstić information content (AvgIpc) is 3.89. The van der Waals surface area contributed by atoms with Crippen molar-refractivity contribution >= 4 is 48.6 Å². The zero-order valence-corrected chi connectivity index (χ0v) is 35.3. The van der Waals surface area contributed by atoms with Crippen LogP contribution in [-0.4, -0.2) is 0 Å². The summed E-state index contributed by atoms with van der Waals surface area (Å²) in [4.78, 5) is 2.49. The van der Waals surface area contributed by atoms with Gasteiger partial charge in [-0.1, -0.05) is 200 Å². The Bertz CT molecular complexity index is 3370. The maximum Gasteiger partial charge on any atom is 0.0714 e. The van der Waals surface area contributed by atoms with Crippen LogP contribution in [0.3, 0.4) is 0 Å². The summed E-state index contributed by atoms with van der Waals surface area (Å²) >= 11 is 1.86. The van der Waals surface area contributed by atoms with E-state index in [1.54, 1.807) is 0 Å². The van der Waals surface area contributed by atoms with Gasteiger partial charge in [0, 0.05) is 31.5 Å². The van der Waals surface area contributed by atoms with Gasteiger partial charge in [0.1, 0.15) is 0 Å². The summed E-state index contributed by atoms with van der Waals surface area (Å²) < 4.78 is 2.57. The number of thiophene rings is 1. The summed E-state index contributed by atoms with van der Waals surface area (Å²) in [6.07, 6.45) is 0. The number of nitrogens with zero attached hydrogens (tertiary/aromatic N) is 1. The minimum absolute atomic E-state index is 0.555. The van der Waals surface area contributed by atoms with Crippen LogP contribution in [0.15, 0.2) is 249 Å². The SMILES string of the molecule is c1ccc(-c2ccc(-c3ccc(N(c4ccc5c(c4)C(c4ccccc4)(c4ccccc4)c4ccc(-c6ccccc6)cc4-5)c4cccc5sc6ccccc6c45)cc3)cc2)cc1. The lowest BCUT2D eigenvalue weighted by molar-refractivity contribution is 0.768. The molecule has 10 aromatic carbocycles. The smallest absolute Gasteiger partial charge is 0.0714 e. The van der Waals surface area contributed by atoms with Crippen LogP contribution in [-0.2, 0) is 5.41 Å². The highest BCUT2D eigenvalue weighted by molar-refractivity contribution is 7.26. The molecular weight excluding hydrogens is 779 g/mol. The van der Waals surface area contributed by atoms with Crippen molar-refractivity contribution in [2.75, 3.05) is 4.90 Å². The van der Waals surface area contributed by atoms with Crippen molar-refractivity contribution < 1.29 is 0 Å². The first-order chi connectivity index (χ1) is 31.2. The Balaban J connectivity index is 1.08. The highest BCUT2D eigenvalue weighted by Crippen LogP contribution is 2.58. The van der Waals surface area contributed by atoms with Gasteiger partial charge < -0.3 is 4.90 Å². The third-order valence-electron chi connectivity index (χ3n) is 13.0. The standard InChI is InChI=1S/C61H41NS/c1-5-16-42(17-6-1)44-28-30-45(31-29-44)46-32-35-50(36-33-46)62(57-25-15-27-59-60(57)53-24-13-14-26-58(53)63-59)51-37-38-52-54-40-47(43-18-7-2-8-19-43)34-39-55(54)61(56(52)41-51,48-20-9-3-10-21-48)49-22-11-4-12-23-49/h1-41H. The van der Waals surface area contributed by atoms with Gasteiger partial charge in [-0.05, 0) is 115 Å². The Morgan fingerprint density at radius 2 is 0.810 bits per heavy atom. The normalized spacial score (nSPS) is 12.6. The third-order valence-corrected chi connectivity index (χ3v) is 14.1. The number of anilines is 3. The predicted molar refractivity (Wildman–Crippen MR) is 268 cm³/mol. The minimum atomic E-state index is -0.555. The molecule has 0 N–H and O–H groups in total. The molecule has 11 aromatic rings. The van der Waals surface area contributed by atoms with Gasteiger partial charge in [0.25, 0.3) is 0 Å². The molecule has 0 fully saturated rings. The van der Waals surface area contributed by atoms with Crippen molar-refractivity contribution in [3.05, 3.63) is 271 Å². The van der Waals surface area contributed by atoms with Crippen molar-refractivity contribution in [1.82, 2.24) is 0 Å². The van der Waals surface area contributed by atoms with Crippen LogP contribution in [0.1, 0.15) is 22.3 Å². The van der Waals surface area contributed by atoms with Crippen molar-refractivity contribution in [2.24, 2.45) is 0 Å². The van der Waals surface area contributed by atoms with E-state index in [9.17, 15) is 0 Å². The first-order valence-electron chi connectivity index (χ1n) is 21.7. The second-order valence-electron chi connectivity index (χ2n) is 16.4. The largest absolute Gasteiger partial charge is 0.310 e. The lowest BCUT2D eigenvalue weighted by atomic mass is 9.67. The Labute approximate surface area is 372 Å². The fourth-order valence-corrected chi connectivity index (χ4v) is 11.2. The van der Waals surface area contributed by atoms with Gasteiger partial charge in [-0.15, -0.1) is 11.3 Å². The highest BCUT2D eigenvalue weighted by Gasteiger charge is 2.46. The van der Waals surface area contributed by atoms with Crippen LogP contribution in [0.2, 0.25) is 0 Å². The maximum atomic E-state index is 2.49. The van der Waals surface area contributed by atoms with Crippen molar-refractivity contribution in [1.29, 1.82) is 0 Å². The van der Waals surface area contributed by atoms with Crippen LogP contribution < -0.4 is 4.90 Å². The molecule has 0 spiro atoms. The van der Waals surface area contributed by atoms with Crippen molar-refractivity contribution in [3.8, 4) is 44.5 Å². The number of fused-ring (bicyclic) bond motifs is 6. The highest BCUT2D eigenvalue weighted by atomic mass is 32.1. The molecule has 0 radical (unpaired) electrons. The lowest BCUT2D eigenvalue weighted by Crippen LogP contribution is -2.28. The van der Waals surface area contributed by atoms with Gasteiger partial charge in [-0.3, -0.25) is 0 Å². The van der Waals surface area contributed by atoms with Crippen LogP contribution in [0.4, 0.5) is 17.1 Å². The van der Waals surface area contributed by atoms with E-state index in [-0.39, 0.29) is 0 Å². The van der Waals surface area contributed by atoms with Gasteiger partial charge >= 0.3 is 0 Å². The van der Waals surface area contributed by atoms with Crippen LogP contribution >= 0.6 is 11.3 Å². The number of hydrogen-bond donors (Lipinski definition) is 0. The van der Waals surface area contributed by atoms with E-state index in [0.717, 1.165) is 17.1 Å². The Morgan fingerprint density at radius 1 is 0.317 bits per heavy atom. The molecule has 1 aromatic heterocycles. The molecular formula is C61H41NS. The molecule has 1 aliphatic carbocycles. The monoisotopic (exact) mass is 819 g/mol. The molecule has 0 unspecified atom stereocenters. The molecule has 1 aliphatic rings. The van der Waals surface area contributed by atoms with E-state index in [1.807, 2.05) is 11.3 Å². The molecule has 0 amide bonds. The van der Waals surface area contributed by atoms with Gasteiger partial charge in [-0.25, -0.2) is 0 Å². The Morgan fingerprint density at radius 3 is 1.44 bits per heavy atom. The second kappa shape index (κ2) is 15.3. The van der Waals surface area contributed by atoms with E-state index >= 15 is 0 Å². The van der Waals surface area contributed by atoms with Crippen molar-refractivity contribution in [3.63, 3.8) is 0 Å². The molecule has 0 bridgehead atoms. The topological polar surface area (TPSA) is 3.24 Å². The fraction of sp³-hybridized carbons (Fsp3) is 0.0164.